The number of benzene rings is 2. The number of fused-ring (bicyclic) bond motifs is 1. The van der Waals surface area contributed by atoms with Crippen molar-refractivity contribution in [2.45, 2.75) is 6.92 Å². The van der Waals surface area contributed by atoms with Crippen LogP contribution in [0.1, 0.15) is 5.56 Å². The fourth-order valence-electron chi connectivity index (χ4n) is 2.32. The summed E-state index contributed by atoms with van der Waals surface area (Å²) in [7, 11) is 0. The quantitative estimate of drug-likeness (QED) is 0.559. The monoisotopic (exact) mass is 389 g/mol. The highest BCUT2D eigenvalue weighted by Crippen LogP contribution is 2.29. The van der Waals surface area contributed by atoms with Gasteiger partial charge in [-0.15, -0.1) is 0 Å². The van der Waals surface area contributed by atoms with E-state index in [9.17, 15) is 4.79 Å². The summed E-state index contributed by atoms with van der Waals surface area (Å²) >= 11 is 9.36. The number of nitrogens with one attached hydrogen (secondary N) is 2. The molecule has 0 aliphatic carbocycles. The summed E-state index contributed by atoms with van der Waals surface area (Å²) in [5.41, 5.74) is 1.53. The molecule has 3 aromatic rings. The van der Waals surface area contributed by atoms with Gasteiger partial charge in [-0.3, -0.25) is 5.32 Å². The zero-order chi connectivity index (χ0) is 16.4. The number of urea groups is 1. The Balaban J connectivity index is 1.86. The van der Waals surface area contributed by atoms with Crippen molar-refractivity contribution in [2.75, 3.05) is 10.6 Å². The molecule has 2 aromatic carbocycles. The summed E-state index contributed by atoms with van der Waals surface area (Å²) in [6.45, 7) is 1.93. The molecule has 0 unspecified atom stereocenters. The third-order valence-electron chi connectivity index (χ3n) is 3.43. The number of hydrogen-bond acceptors (Lipinski definition) is 2. The lowest BCUT2D eigenvalue weighted by molar-refractivity contribution is 0.262. The molecule has 0 bridgehead atoms. The van der Waals surface area contributed by atoms with E-state index in [1.165, 1.54) is 0 Å². The third-order valence-corrected chi connectivity index (χ3v) is 4.27. The molecule has 3 rings (SSSR count). The van der Waals surface area contributed by atoms with Crippen LogP contribution in [0.4, 0.5) is 16.3 Å². The molecule has 0 aliphatic rings. The van der Waals surface area contributed by atoms with E-state index in [1.54, 1.807) is 24.3 Å². The van der Waals surface area contributed by atoms with Gasteiger partial charge in [0.05, 0.1) is 0 Å². The van der Waals surface area contributed by atoms with Crippen molar-refractivity contribution >= 4 is 55.8 Å². The first-order chi connectivity index (χ1) is 11.0. The predicted molar refractivity (Wildman–Crippen MR) is 98.3 cm³/mol. The number of rotatable bonds is 2. The van der Waals surface area contributed by atoms with Crippen LogP contribution in [-0.2, 0) is 0 Å². The van der Waals surface area contributed by atoms with Gasteiger partial charge in [0.1, 0.15) is 10.4 Å². The molecular weight excluding hydrogens is 378 g/mol. The summed E-state index contributed by atoms with van der Waals surface area (Å²) in [6.07, 6.45) is 0. The molecule has 0 spiro atoms. The molecule has 0 saturated carbocycles. The SMILES string of the molecule is Cc1c(NC(=O)Nc2cccc(Cl)c2)nc(Br)c2ccccc12. The molecule has 0 fully saturated rings. The van der Waals surface area contributed by atoms with Crippen molar-refractivity contribution in [3.05, 3.63) is 63.7 Å². The predicted octanol–water partition coefficient (Wildman–Crippen LogP) is 5.60. The van der Waals surface area contributed by atoms with Gasteiger partial charge in [0.25, 0.3) is 0 Å². The van der Waals surface area contributed by atoms with E-state index in [1.807, 2.05) is 31.2 Å². The summed E-state index contributed by atoms with van der Waals surface area (Å²) < 4.78 is 0.691. The minimum Gasteiger partial charge on any atom is -0.308 e. The van der Waals surface area contributed by atoms with E-state index in [-0.39, 0.29) is 6.03 Å². The fraction of sp³-hybridized carbons (Fsp3) is 0.0588. The van der Waals surface area contributed by atoms with Crippen LogP contribution < -0.4 is 10.6 Å². The van der Waals surface area contributed by atoms with Crippen molar-refractivity contribution in [3.63, 3.8) is 0 Å². The van der Waals surface area contributed by atoms with E-state index in [4.69, 9.17) is 11.6 Å². The lowest BCUT2D eigenvalue weighted by Crippen LogP contribution is -2.20. The van der Waals surface area contributed by atoms with Crippen molar-refractivity contribution in [1.82, 2.24) is 4.98 Å². The van der Waals surface area contributed by atoms with Gasteiger partial charge in [0, 0.05) is 16.1 Å². The molecule has 4 nitrogen and oxygen atoms in total. The van der Waals surface area contributed by atoms with Gasteiger partial charge in [-0.2, -0.15) is 0 Å². The van der Waals surface area contributed by atoms with E-state index in [0.29, 0.717) is 21.1 Å². The number of aromatic nitrogens is 1. The topological polar surface area (TPSA) is 54.0 Å². The van der Waals surface area contributed by atoms with Crippen LogP contribution >= 0.6 is 27.5 Å². The maximum Gasteiger partial charge on any atom is 0.324 e. The standard InChI is InChI=1S/C17H13BrClN3O/c1-10-13-7-2-3-8-14(13)15(18)21-16(10)22-17(23)20-12-6-4-5-11(19)9-12/h2-9H,1H3,(H2,20,21,22,23). The highest BCUT2D eigenvalue weighted by Gasteiger charge is 2.12. The third kappa shape index (κ3) is 3.46. The van der Waals surface area contributed by atoms with Gasteiger partial charge >= 0.3 is 6.03 Å². The number of hydrogen-bond donors (Lipinski definition) is 2. The number of aryl methyl sites for hydroxylation is 1. The first-order valence-corrected chi connectivity index (χ1v) is 8.10. The molecule has 0 saturated heterocycles. The smallest absolute Gasteiger partial charge is 0.308 e. The number of carbonyl (C=O) groups excluding carboxylic acids is 1. The Morgan fingerprint density at radius 2 is 1.83 bits per heavy atom. The maximum absolute atomic E-state index is 12.2. The summed E-state index contributed by atoms with van der Waals surface area (Å²) in [5.74, 6) is 0.509. The Hall–Kier alpha value is -2.11. The molecule has 0 radical (unpaired) electrons. The Morgan fingerprint density at radius 3 is 2.57 bits per heavy atom. The summed E-state index contributed by atoms with van der Waals surface area (Å²) in [5, 5.41) is 8.11. The zero-order valence-electron chi connectivity index (χ0n) is 12.2. The number of carbonyl (C=O) groups is 1. The molecule has 1 heterocycles. The second-order valence-corrected chi connectivity index (χ2v) is 6.20. The Kier molecular flexibility index (Phi) is 4.50. The summed E-state index contributed by atoms with van der Waals surface area (Å²) in [6, 6.07) is 14.5. The highest BCUT2D eigenvalue weighted by atomic mass is 79.9. The maximum atomic E-state index is 12.2. The first kappa shape index (κ1) is 15.8. The Bertz CT molecular complexity index is 898. The first-order valence-electron chi connectivity index (χ1n) is 6.93. The molecular formula is C17H13BrClN3O. The van der Waals surface area contributed by atoms with E-state index in [0.717, 1.165) is 16.3 Å². The number of anilines is 2. The molecule has 1 aromatic heterocycles. The summed E-state index contributed by atoms with van der Waals surface area (Å²) in [4.78, 5) is 16.6. The van der Waals surface area contributed by atoms with Crippen LogP contribution in [0.25, 0.3) is 10.8 Å². The van der Waals surface area contributed by atoms with Crippen LogP contribution in [0.5, 0.6) is 0 Å². The second kappa shape index (κ2) is 6.56. The minimum absolute atomic E-state index is 0.370. The Morgan fingerprint density at radius 1 is 1.09 bits per heavy atom. The number of nitrogens with zero attached hydrogens (tertiary/aromatic N) is 1. The van der Waals surface area contributed by atoms with Crippen molar-refractivity contribution < 1.29 is 4.79 Å². The van der Waals surface area contributed by atoms with Crippen molar-refractivity contribution in [3.8, 4) is 0 Å². The van der Waals surface area contributed by atoms with Crippen LogP contribution in [0.15, 0.2) is 53.1 Å². The molecule has 2 amide bonds. The van der Waals surface area contributed by atoms with Gasteiger partial charge in [0.15, 0.2) is 0 Å². The molecule has 116 valence electrons. The molecule has 0 aliphatic heterocycles. The van der Waals surface area contributed by atoms with E-state index in [2.05, 4.69) is 31.5 Å². The minimum atomic E-state index is -0.370. The highest BCUT2D eigenvalue weighted by molar-refractivity contribution is 9.10. The number of pyridine rings is 1. The Labute approximate surface area is 147 Å². The van der Waals surface area contributed by atoms with Crippen LogP contribution in [0.3, 0.4) is 0 Å². The molecule has 6 heteroatoms. The van der Waals surface area contributed by atoms with Crippen molar-refractivity contribution in [2.24, 2.45) is 0 Å². The van der Waals surface area contributed by atoms with E-state index >= 15 is 0 Å². The molecule has 23 heavy (non-hydrogen) atoms. The van der Waals surface area contributed by atoms with Crippen LogP contribution in [-0.4, -0.2) is 11.0 Å². The second-order valence-electron chi connectivity index (χ2n) is 5.01. The van der Waals surface area contributed by atoms with Gasteiger partial charge in [-0.25, -0.2) is 9.78 Å². The lowest BCUT2D eigenvalue weighted by Gasteiger charge is -2.12. The molecule has 0 atom stereocenters. The average Bonchev–Trinajstić information content (AvgIpc) is 2.52. The van der Waals surface area contributed by atoms with E-state index < -0.39 is 0 Å². The van der Waals surface area contributed by atoms with Gasteiger partial charge in [0.2, 0.25) is 0 Å². The van der Waals surface area contributed by atoms with Crippen molar-refractivity contribution in [1.29, 1.82) is 0 Å². The van der Waals surface area contributed by atoms with Crippen LogP contribution in [0, 0.1) is 6.92 Å². The van der Waals surface area contributed by atoms with Crippen LogP contribution in [0.2, 0.25) is 5.02 Å². The van der Waals surface area contributed by atoms with Gasteiger partial charge < -0.3 is 5.32 Å². The average molecular weight is 391 g/mol. The largest absolute Gasteiger partial charge is 0.324 e. The van der Waals surface area contributed by atoms with Gasteiger partial charge in [-0.1, -0.05) is 41.9 Å². The lowest BCUT2D eigenvalue weighted by atomic mass is 10.1. The fourth-order valence-corrected chi connectivity index (χ4v) is 3.03. The number of halogens is 2. The van der Waals surface area contributed by atoms with Gasteiger partial charge in [-0.05, 0) is 52.0 Å². The normalized spacial score (nSPS) is 10.6. The molecule has 2 N–H and O–H groups in total. The number of amides is 2. The zero-order valence-corrected chi connectivity index (χ0v) is 14.6.